The van der Waals surface area contributed by atoms with Crippen LogP contribution in [0.3, 0.4) is 0 Å². The summed E-state index contributed by atoms with van der Waals surface area (Å²) in [5.41, 5.74) is 7.66. The first-order chi connectivity index (χ1) is 11.1. The molecule has 1 fully saturated rings. The van der Waals surface area contributed by atoms with Crippen LogP contribution in [0.1, 0.15) is 13.3 Å². The minimum atomic E-state index is -0.620. The minimum absolute atomic E-state index is 0.261. The molecule has 3 aliphatic rings. The molecule has 1 unspecified atom stereocenters. The monoisotopic (exact) mass is 307 g/mol. The zero-order valence-electron chi connectivity index (χ0n) is 12.9. The predicted molar refractivity (Wildman–Crippen MR) is 86.4 cm³/mol. The lowest BCUT2D eigenvalue weighted by molar-refractivity contribution is -0.132. The molecule has 0 bridgehead atoms. The summed E-state index contributed by atoms with van der Waals surface area (Å²) in [6.45, 7) is 5.44. The van der Waals surface area contributed by atoms with E-state index < -0.39 is 18.2 Å². The maximum atomic E-state index is 12.7. The normalized spacial score (nSPS) is 25.6. The number of carbonyl (C=O) groups is 2. The highest BCUT2D eigenvalue weighted by atomic mass is 16.6. The second-order valence-electron chi connectivity index (χ2n) is 5.63. The third kappa shape index (κ3) is 2.66. The molecule has 0 aromatic heterocycles. The molecule has 4 heteroatoms. The molecule has 1 aliphatic heterocycles. The van der Waals surface area contributed by atoms with Gasteiger partial charge < -0.3 is 4.74 Å². The van der Waals surface area contributed by atoms with E-state index in [0.717, 1.165) is 11.1 Å². The summed E-state index contributed by atoms with van der Waals surface area (Å²) in [5, 5.41) is 0. The quantitative estimate of drug-likeness (QED) is 0.579. The number of imide groups is 1. The zero-order valence-corrected chi connectivity index (χ0v) is 12.9. The second-order valence-corrected chi connectivity index (χ2v) is 5.63. The van der Waals surface area contributed by atoms with Crippen molar-refractivity contribution in [1.82, 2.24) is 4.90 Å². The van der Waals surface area contributed by atoms with Crippen molar-refractivity contribution in [3.05, 3.63) is 71.7 Å². The van der Waals surface area contributed by atoms with Crippen molar-refractivity contribution in [3.63, 3.8) is 0 Å². The van der Waals surface area contributed by atoms with Gasteiger partial charge in [0.1, 0.15) is 6.04 Å². The highest BCUT2D eigenvalue weighted by Crippen LogP contribution is 2.33. The lowest BCUT2D eigenvalue weighted by Gasteiger charge is -2.24. The van der Waals surface area contributed by atoms with Gasteiger partial charge in [-0.2, -0.15) is 0 Å². The van der Waals surface area contributed by atoms with Crippen molar-refractivity contribution >= 4 is 12.0 Å². The van der Waals surface area contributed by atoms with Gasteiger partial charge in [0.15, 0.2) is 6.10 Å². The van der Waals surface area contributed by atoms with Gasteiger partial charge in [0.25, 0.3) is 0 Å². The van der Waals surface area contributed by atoms with Crippen LogP contribution in [0.5, 0.6) is 0 Å². The predicted octanol–water partition coefficient (Wildman–Crippen LogP) is 3.22. The van der Waals surface area contributed by atoms with Crippen molar-refractivity contribution in [2.45, 2.75) is 25.5 Å². The summed E-state index contributed by atoms with van der Waals surface area (Å²) in [4.78, 5) is 26.3. The Morgan fingerprint density at radius 2 is 2.00 bits per heavy atom. The molecule has 1 saturated heterocycles. The Balaban J connectivity index is 1.98. The van der Waals surface area contributed by atoms with Gasteiger partial charge in [0.2, 0.25) is 5.91 Å². The number of amides is 2. The van der Waals surface area contributed by atoms with E-state index >= 15 is 0 Å². The number of allylic oxidation sites excluding steroid dienone is 3. The van der Waals surface area contributed by atoms with E-state index in [-0.39, 0.29) is 11.8 Å². The molecule has 4 nitrogen and oxygen atoms in total. The Bertz CT molecular complexity index is 755. The van der Waals surface area contributed by atoms with Gasteiger partial charge in [-0.1, -0.05) is 25.2 Å². The van der Waals surface area contributed by atoms with Crippen molar-refractivity contribution < 1.29 is 14.3 Å². The number of rotatable bonds is 5. The van der Waals surface area contributed by atoms with Gasteiger partial charge in [-0.05, 0) is 30.7 Å². The van der Waals surface area contributed by atoms with Crippen LogP contribution in [-0.4, -0.2) is 29.0 Å². The van der Waals surface area contributed by atoms with Crippen LogP contribution in [0.25, 0.3) is 0 Å². The molecule has 116 valence electrons. The number of cyclic esters (lactones) is 1. The van der Waals surface area contributed by atoms with Crippen LogP contribution in [-0.2, 0) is 9.53 Å². The van der Waals surface area contributed by atoms with Gasteiger partial charge in [0, 0.05) is 17.1 Å². The largest absolute Gasteiger partial charge is 0.438 e. The lowest BCUT2D eigenvalue weighted by Crippen LogP contribution is -2.44. The first kappa shape index (κ1) is 15.1. The highest BCUT2D eigenvalue weighted by molar-refractivity contribution is 5.96. The highest BCUT2D eigenvalue weighted by Gasteiger charge is 2.49. The van der Waals surface area contributed by atoms with E-state index in [9.17, 15) is 9.59 Å². The van der Waals surface area contributed by atoms with Gasteiger partial charge in [-0.15, -0.1) is 18.0 Å². The molecular weight excluding hydrogens is 290 g/mol. The molecule has 0 N–H and O–H groups in total. The third-order valence-electron chi connectivity index (χ3n) is 4.04. The van der Waals surface area contributed by atoms with Crippen LogP contribution in [0.15, 0.2) is 71.7 Å². The Morgan fingerprint density at radius 3 is 2.57 bits per heavy atom. The van der Waals surface area contributed by atoms with Crippen LogP contribution < -0.4 is 0 Å². The standard InChI is InChI=1S/C19H17NO3/c1-3-8-13(2)18(21)20-16(14-9-4-5-10-14)17(23-19(20)22)15-11-6-7-12-15/h3-7,9,11,13,16-17H,1,8H2,2H3/t13?,16-,17+/m0/s1. The van der Waals surface area contributed by atoms with Gasteiger partial charge in [-0.25, -0.2) is 9.69 Å². The molecule has 3 atom stereocenters. The maximum absolute atomic E-state index is 12.7. The summed E-state index contributed by atoms with van der Waals surface area (Å²) in [6.07, 6.45) is 11.9. The topological polar surface area (TPSA) is 46.6 Å². The molecular formula is C19H17NO3. The molecule has 0 aromatic rings. The number of carbonyl (C=O) groups excluding carboxylic acids is 2. The number of hydrogen-bond acceptors (Lipinski definition) is 3. The van der Waals surface area contributed by atoms with E-state index in [2.05, 4.69) is 18.0 Å². The Kier molecular flexibility index (Phi) is 4.03. The van der Waals surface area contributed by atoms with Gasteiger partial charge >= 0.3 is 6.09 Å². The third-order valence-corrected chi connectivity index (χ3v) is 4.04. The van der Waals surface area contributed by atoms with Crippen molar-refractivity contribution in [2.75, 3.05) is 0 Å². The summed E-state index contributed by atoms with van der Waals surface area (Å²) >= 11 is 0. The van der Waals surface area contributed by atoms with Crippen LogP contribution in [0.4, 0.5) is 4.79 Å². The molecule has 23 heavy (non-hydrogen) atoms. The van der Waals surface area contributed by atoms with E-state index in [1.165, 1.54) is 4.90 Å². The maximum Gasteiger partial charge on any atom is 0.418 e. The summed E-state index contributed by atoms with van der Waals surface area (Å²) < 4.78 is 5.49. The molecule has 2 amide bonds. The fraction of sp³-hybridized carbons (Fsp3) is 0.263. The van der Waals surface area contributed by atoms with Crippen molar-refractivity contribution in [2.24, 2.45) is 5.92 Å². The first-order valence-corrected chi connectivity index (χ1v) is 7.54. The van der Waals surface area contributed by atoms with Gasteiger partial charge in [0.05, 0.1) is 0 Å². The van der Waals surface area contributed by atoms with Crippen LogP contribution >= 0.6 is 0 Å². The second kappa shape index (κ2) is 6.13. The Hall–Kier alpha value is -2.80. The fourth-order valence-corrected chi connectivity index (χ4v) is 2.88. The van der Waals surface area contributed by atoms with E-state index in [1.807, 2.05) is 24.3 Å². The Labute approximate surface area is 135 Å². The zero-order chi connectivity index (χ0) is 16.4. The average molecular weight is 307 g/mol. The summed E-state index contributed by atoms with van der Waals surface area (Å²) in [7, 11) is 0. The van der Waals surface area contributed by atoms with Crippen LogP contribution in [0, 0.1) is 5.92 Å². The molecule has 3 rings (SSSR count). The fourth-order valence-electron chi connectivity index (χ4n) is 2.88. The molecule has 0 spiro atoms. The number of hydrogen-bond donors (Lipinski definition) is 0. The molecule has 1 heterocycles. The van der Waals surface area contributed by atoms with Gasteiger partial charge in [-0.3, -0.25) is 4.79 Å². The average Bonchev–Trinajstić information content (AvgIpc) is 3.26. The molecule has 0 radical (unpaired) electrons. The Morgan fingerprint density at radius 1 is 1.35 bits per heavy atom. The van der Waals surface area contributed by atoms with E-state index in [4.69, 9.17) is 4.74 Å². The SMILES string of the molecule is C=CCC(C)C(=O)N1C(=O)O[C@H](C2=C=CC=C2)[C@@H]1C1=C=CC=C1. The smallest absolute Gasteiger partial charge is 0.418 e. The van der Waals surface area contributed by atoms with E-state index in [1.54, 1.807) is 25.2 Å². The van der Waals surface area contributed by atoms with E-state index in [0.29, 0.717) is 6.42 Å². The first-order valence-electron chi connectivity index (χ1n) is 7.54. The summed E-state index contributed by atoms with van der Waals surface area (Å²) in [6, 6.07) is -0.518. The summed E-state index contributed by atoms with van der Waals surface area (Å²) in [5.74, 6) is -0.594. The number of nitrogens with zero attached hydrogens (tertiary/aromatic N) is 1. The van der Waals surface area contributed by atoms with Crippen LogP contribution in [0.2, 0.25) is 0 Å². The van der Waals surface area contributed by atoms with Crippen molar-refractivity contribution in [1.29, 1.82) is 0 Å². The lowest BCUT2D eigenvalue weighted by atomic mass is 9.95. The molecule has 0 saturated carbocycles. The number of ether oxygens (including phenoxy) is 1. The minimum Gasteiger partial charge on any atom is -0.438 e. The molecule has 2 aliphatic carbocycles. The van der Waals surface area contributed by atoms with Crippen molar-refractivity contribution in [3.8, 4) is 0 Å². The molecule has 0 aromatic carbocycles.